The largest absolute Gasteiger partial charge is 0.313 e. The molecule has 0 amide bonds. The van der Waals surface area contributed by atoms with Gasteiger partial charge in [-0.15, -0.1) is 0 Å². The van der Waals surface area contributed by atoms with Crippen molar-refractivity contribution in [3.8, 4) is 0 Å². The van der Waals surface area contributed by atoms with Crippen molar-refractivity contribution >= 4 is 9.84 Å². The van der Waals surface area contributed by atoms with Gasteiger partial charge in [0.05, 0.1) is 11.0 Å². The summed E-state index contributed by atoms with van der Waals surface area (Å²) in [4.78, 5) is 0. The molecule has 1 N–H and O–H groups in total. The van der Waals surface area contributed by atoms with Crippen LogP contribution in [0.1, 0.15) is 38.3 Å². The van der Waals surface area contributed by atoms with Gasteiger partial charge in [-0.3, -0.25) is 0 Å². The van der Waals surface area contributed by atoms with Crippen LogP contribution < -0.4 is 5.32 Å². The topological polar surface area (TPSA) is 46.2 Å². The van der Waals surface area contributed by atoms with E-state index in [1.807, 2.05) is 52.0 Å². The Morgan fingerprint density at radius 3 is 2.37 bits per heavy atom. The van der Waals surface area contributed by atoms with Gasteiger partial charge in [0, 0.05) is 6.04 Å². The van der Waals surface area contributed by atoms with Crippen molar-refractivity contribution in [1.82, 2.24) is 5.32 Å². The molecule has 1 aromatic rings. The van der Waals surface area contributed by atoms with Crippen molar-refractivity contribution < 1.29 is 8.42 Å². The predicted molar refractivity (Wildman–Crippen MR) is 81.0 cm³/mol. The molecule has 1 rings (SSSR count). The van der Waals surface area contributed by atoms with Crippen molar-refractivity contribution in [2.45, 2.75) is 51.2 Å². The highest BCUT2D eigenvalue weighted by Gasteiger charge is 2.28. The third-order valence-electron chi connectivity index (χ3n) is 3.66. The summed E-state index contributed by atoms with van der Waals surface area (Å²) < 4.78 is 25.0. The van der Waals surface area contributed by atoms with Crippen molar-refractivity contribution in [3.05, 3.63) is 35.4 Å². The molecular weight excluding hydrogens is 258 g/mol. The molecule has 2 unspecified atom stereocenters. The Hall–Kier alpha value is -0.870. The Kier molecular flexibility index (Phi) is 6.01. The van der Waals surface area contributed by atoms with Gasteiger partial charge in [-0.2, -0.15) is 0 Å². The molecule has 0 fully saturated rings. The van der Waals surface area contributed by atoms with Crippen LogP contribution in [-0.4, -0.2) is 26.3 Å². The van der Waals surface area contributed by atoms with Crippen molar-refractivity contribution in [3.63, 3.8) is 0 Å². The fraction of sp³-hybridized carbons (Fsp3) is 0.600. The van der Waals surface area contributed by atoms with Crippen LogP contribution in [0.4, 0.5) is 0 Å². The Morgan fingerprint density at radius 1 is 1.21 bits per heavy atom. The number of rotatable bonds is 7. The Labute approximate surface area is 117 Å². The van der Waals surface area contributed by atoms with Crippen LogP contribution in [0.2, 0.25) is 0 Å². The molecule has 0 bridgehead atoms. The summed E-state index contributed by atoms with van der Waals surface area (Å²) in [7, 11) is -3.13. The summed E-state index contributed by atoms with van der Waals surface area (Å²) in [5, 5.41) is 2.90. The molecule has 2 atom stereocenters. The molecule has 0 aliphatic carbocycles. The van der Waals surface area contributed by atoms with E-state index < -0.39 is 9.84 Å². The molecule has 0 heterocycles. The second kappa shape index (κ2) is 7.06. The number of hydrogen-bond donors (Lipinski definition) is 1. The van der Waals surface area contributed by atoms with E-state index in [1.165, 1.54) is 0 Å². The molecule has 0 aliphatic heterocycles. The lowest BCUT2D eigenvalue weighted by atomic mass is 10.1. The van der Waals surface area contributed by atoms with Crippen LogP contribution in [0.3, 0.4) is 0 Å². The molecule has 0 radical (unpaired) electrons. The first-order valence-corrected chi connectivity index (χ1v) is 8.63. The maximum Gasteiger partial charge on any atom is 0.158 e. The number of benzene rings is 1. The third-order valence-corrected chi connectivity index (χ3v) is 5.83. The summed E-state index contributed by atoms with van der Waals surface area (Å²) >= 11 is 0. The van der Waals surface area contributed by atoms with E-state index >= 15 is 0 Å². The Bertz CT molecular complexity index is 497. The zero-order valence-corrected chi connectivity index (χ0v) is 13.1. The Balaban J connectivity index is 2.89. The summed E-state index contributed by atoms with van der Waals surface area (Å²) in [5.41, 5.74) is 1.94. The monoisotopic (exact) mass is 283 g/mol. The number of sulfone groups is 1. The zero-order valence-electron chi connectivity index (χ0n) is 12.3. The predicted octanol–water partition coefficient (Wildman–Crippen LogP) is 2.69. The summed E-state index contributed by atoms with van der Waals surface area (Å²) in [5.74, 6) is 0.128. The van der Waals surface area contributed by atoms with Crippen LogP contribution in [-0.2, 0) is 15.6 Å². The maximum atomic E-state index is 12.5. The second-order valence-electron chi connectivity index (χ2n) is 5.01. The van der Waals surface area contributed by atoms with Crippen molar-refractivity contribution in [2.75, 3.05) is 6.54 Å². The molecule has 19 heavy (non-hydrogen) atoms. The quantitative estimate of drug-likeness (QED) is 0.837. The van der Waals surface area contributed by atoms with Crippen LogP contribution in [0.25, 0.3) is 0 Å². The zero-order chi connectivity index (χ0) is 14.5. The molecule has 1 aromatic carbocycles. The van der Waals surface area contributed by atoms with Crippen LogP contribution >= 0.6 is 0 Å². The lowest BCUT2D eigenvalue weighted by molar-refractivity contribution is 0.482. The smallest absolute Gasteiger partial charge is 0.158 e. The number of hydrogen-bond acceptors (Lipinski definition) is 3. The molecule has 4 heteroatoms. The molecular formula is C15H25NO2S. The maximum absolute atomic E-state index is 12.5. The van der Waals surface area contributed by atoms with Gasteiger partial charge in [-0.25, -0.2) is 8.42 Å². The van der Waals surface area contributed by atoms with Gasteiger partial charge < -0.3 is 5.32 Å². The lowest BCUT2D eigenvalue weighted by Gasteiger charge is -2.24. The molecule has 0 aliphatic rings. The highest BCUT2D eigenvalue weighted by atomic mass is 32.2. The average molecular weight is 283 g/mol. The van der Waals surface area contributed by atoms with Gasteiger partial charge in [0.15, 0.2) is 9.84 Å². The van der Waals surface area contributed by atoms with Gasteiger partial charge in [0.2, 0.25) is 0 Å². The Morgan fingerprint density at radius 2 is 1.84 bits per heavy atom. The van der Waals surface area contributed by atoms with Gasteiger partial charge in [-0.05, 0) is 37.9 Å². The van der Waals surface area contributed by atoms with E-state index in [9.17, 15) is 8.42 Å². The standard InChI is InChI=1S/C15H25NO2S/c1-5-15(16-6-2)13(4)19(17,18)11-14-10-8-7-9-12(14)3/h7-10,13,15-16H,5-6,11H2,1-4H3. The normalized spacial score (nSPS) is 15.2. The second-order valence-corrected chi connectivity index (χ2v) is 7.37. The van der Waals surface area contributed by atoms with Gasteiger partial charge in [0.25, 0.3) is 0 Å². The minimum absolute atomic E-state index is 0.0269. The first-order valence-electron chi connectivity index (χ1n) is 6.91. The molecule has 0 saturated heterocycles. The molecule has 108 valence electrons. The van der Waals surface area contributed by atoms with Crippen LogP contribution in [0.5, 0.6) is 0 Å². The number of nitrogens with one attached hydrogen (secondary N) is 1. The van der Waals surface area contributed by atoms with Gasteiger partial charge in [0.1, 0.15) is 0 Å². The average Bonchev–Trinajstić information content (AvgIpc) is 2.37. The van der Waals surface area contributed by atoms with Crippen LogP contribution in [0, 0.1) is 6.92 Å². The summed E-state index contributed by atoms with van der Waals surface area (Å²) in [6, 6.07) is 7.70. The van der Waals surface area contributed by atoms with Gasteiger partial charge >= 0.3 is 0 Å². The van der Waals surface area contributed by atoms with E-state index in [0.29, 0.717) is 0 Å². The van der Waals surface area contributed by atoms with E-state index in [-0.39, 0.29) is 17.0 Å². The molecule has 0 saturated carbocycles. The number of aryl methyl sites for hydroxylation is 1. The van der Waals surface area contributed by atoms with E-state index in [2.05, 4.69) is 5.32 Å². The van der Waals surface area contributed by atoms with E-state index in [0.717, 1.165) is 24.1 Å². The van der Waals surface area contributed by atoms with Gasteiger partial charge in [-0.1, -0.05) is 38.1 Å². The fourth-order valence-electron chi connectivity index (χ4n) is 2.27. The van der Waals surface area contributed by atoms with Crippen LogP contribution in [0.15, 0.2) is 24.3 Å². The minimum Gasteiger partial charge on any atom is -0.313 e. The highest BCUT2D eigenvalue weighted by molar-refractivity contribution is 7.91. The van der Waals surface area contributed by atoms with E-state index in [1.54, 1.807) is 0 Å². The SMILES string of the molecule is CCNC(CC)C(C)S(=O)(=O)Cc1ccccc1C. The summed E-state index contributed by atoms with van der Waals surface area (Å²) in [6.45, 7) is 8.58. The van der Waals surface area contributed by atoms with E-state index in [4.69, 9.17) is 0 Å². The minimum atomic E-state index is -3.13. The fourth-order valence-corrected chi connectivity index (χ4v) is 4.08. The lowest BCUT2D eigenvalue weighted by Crippen LogP contribution is -2.42. The molecule has 3 nitrogen and oxygen atoms in total. The third kappa shape index (κ3) is 4.32. The summed E-state index contributed by atoms with van der Waals surface area (Å²) in [6.07, 6.45) is 0.821. The molecule has 0 spiro atoms. The van der Waals surface area contributed by atoms with Crippen molar-refractivity contribution in [1.29, 1.82) is 0 Å². The first kappa shape index (κ1) is 16.2. The first-order chi connectivity index (χ1) is 8.92. The highest BCUT2D eigenvalue weighted by Crippen LogP contribution is 2.18. The molecule has 0 aromatic heterocycles. The van der Waals surface area contributed by atoms with Crippen molar-refractivity contribution in [2.24, 2.45) is 0 Å².